The molecule has 0 saturated carbocycles. The van der Waals surface area contributed by atoms with Gasteiger partial charge < -0.3 is 25.8 Å². The molecule has 0 bridgehead atoms. The summed E-state index contributed by atoms with van der Waals surface area (Å²) >= 11 is 0. The maximum atomic E-state index is 13.5. The molecule has 0 spiro atoms. The van der Waals surface area contributed by atoms with Crippen LogP contribution in [0.15, 0.2) is 42.7 Å². The van der Waals surface area contributed by atoms with Crippen LogP contribution in [0.25, 0.3) is 0 Å². The number of carbonyl (C=O) groups excluding carboxylic acids is 5. The number of rotatable bonds is 6. The zero-order chi connectivity index (χ0) is 31.0. The van der Waals surface area contributed by atoms with E-state index in [0.29, 0.717) is 12.0 Å². The van der Waals surface area contributed by atoms with E-state index in [1.54, 1.807) is 17.8 Å². The van der Waals surface area contributed by atoms with Crippen molar-refractivity contribution in [2.45, 2.75) is 71.6 Å². The molecule has 0 unspecified atom stereocenters. The Bertz CT molecular complexity index is 1260. The first kappa shape index (κ1) is 32.3. The Morgan fingerprint density at radius 2 is 1.69 bits per heavy atom. The van der Waals surface area contributed by atoms with Crippen molar-refractivity contribution >= 4 is 29.5 Å². The van der Waals surface area contributed by atoms with Crippen molar-refractivity contribution in [2.24, 2.45) is 5.92 Å². The van der Waals surface area contributed by atoms with Gasteiger partial charge in [0.1, 0.15) is 18.1 Å². The van der Waals surface area contributed by atoms with Crippen LogP contribution in [0.1, 0.15) is 63.0 Å². The molecule has 12 nitrogen and oxygen atoms in total. The maximum absolute atomic E-state index is 13.5. The number of hydrogen-bond donors (Lipinski definition) is 3. The molecule has 1 aromatic heterocycles. The van der Waals surface area contributed by atoms with E-state index in [1.165, 1.54) is 23.0 Å². The number of amides is 5. The summed E-state index contributed by atoms with van der Waals surface area (Å²) in [5, 5.41) is 12.6. The first-order chi connectivity index (χ1) is 19.9. The molecule has 2 aromatic rings. The standard InChI is InChI=1S/C30H43N7O5/c1-19(2)14-25-30(42)35(6)21(5)27(39)34-24(15-22-10-8-7-9-11-22)28(40)31-12-13-36(18-26(38)33-25)29(41)23-16-32-37(17-23)20(3)4/h7-11,16-17,19-21,24-25H,12-15,18H2,1-6H3,(H,31,40)(H,33,38)(H,34,39)/t21-,24-,25-/m0/s1. The van der Waals surface area contributed by atoms with Gasteiger partial charge in [-0.1, -0.05) is 44.2 Å². The van der Waals surface area contributed by atoms with E-state index in [-0.39, 0.29) is 38.0 Å². The second kappa shape index (κ2) is 14.6. The number of nitrogens with one attached hydrogen (secondary N) is 3. The van der Waals surface area contributed by atoms with Crippen LogP contribution in [0.2, 0.25) is 0 Å². The molecule has 3 atom stereocenters. The van der Waals surface area contributed by atoms with Crippen molar-refractivity contribution in [3.8, 4) is 0 Å². The second-order valence-electron chi connectivity index (χ2n) is 11.4. The molecule has 1 saturated heterocycles. The van der Waals surface area contributed by atoms with Crippen LogP contribution < -0.4 is 16.0 Å². The maximum Gasteiger partial charge on any atom is 0.257 e. The topological polar surface area (TPSA) is 146 Å². The molecule has 0 aliphatic carbocycles. The predicted molar refractivity (Wildman–Crippen MR) is 157 cm³/mol. The summed E-state index contributed by atoms with van der Waals surface area (Å²) in [6.45, 7) is 9.04. The highest BCUT2D eigenvalue weighted by Gasteiger charge is 2.33. The van der Waals surface area contributed by atoms with Crippen molar-refractivity contribution in [2.75, 3.05) is 26.7 Å². The highest BCUT2D eigenvalue weighted by atomic mass is 16.2. The highest BCUT2D eigenvalue weighted by Crippen LogP contribution is 2.13. The van der Waals surface area contributed by atoms with E-state index in [9.17, 15) is 24.0 Å². The normalized spacial score (nSPS) is 21.5. The van der Waals surface area contributed by atoms with E-state index < -0.39 is 47.7 Å². The second-order valence-corrected chi connectivity index (χ2v) is 11.4. The van der Waals surface area contributed by atoms with Gasteiger partial charge in [0.25, 0.3) is 5.91 Å². The highest BCUT2D eigenvalue weighted by molar-refractivity contribution is 5.97. The minimum absolute atomic E-state index is 0.0238. The molecule has 1 aromatic carbocycles. The summed E-state index contributed by atoms with van der Waals surface area (Å²) < 4.78 is 1.65. The predicted octanol–water partition coefficient (Wildman–Crippen LogP) is 1.14. The van der Waals surface area contributed by atoms with Crippen LogP contribution in [0, 0.1) is 5.92 Å². The number of hydrogen-bond acceptors (Lipinski definition) is 6. The molecular weight excluding hydrogens is 538 g/mol. The molecule has 0 radical (unpaired) electrons. The molecule has 42 heavy (non-hydrogen) atoms. The van der Waals surface area contributed by atoms with E-state index in [2.05, 4.69) is 21.0 Å². The van der Waals surface area contributed by atoms with Gasteiger partial charge >= 0.3 is 0 Å². The molecule has 2 heterocycles. The van der Waals surface area contributed by atoms with E-state index >= 15 is 0 Å². The van der Waals surface area contributed by atoms with Crippen molar-refractivity contribution < 1.29 is 24.0 Å². The molecule has 1 fully saturated rings. The molecule has 228 valence electrons. The molecule has 1 aliphatic heterocycles. The molecule has 3 rings (SSSR count). The monoisotopic (exact) mass is 581 g/mol. The SMILES string of the molecule is CC(C)C[C@@H]1NC(=O)CN(C(=O)c2cnn(C(C)C)c2)CCNC(=O)[C@H](Cc2ccccc2)NC(=O)[C@H](C)N(C)C1=O. The van der Waals surface area contributed by atoms with E-state index in [0.717, 1.165) is 5.56 Å². The van der Waals surface area contributed by atoms with Gasteiger partial charge in [-0.05, 0) is 38.7 Å². The summed E-state index contributed by atoms with van der Waals surface area (Å²) in [5.74, 6) is -2.25. The van der Waals surface area contributed by atoms with Crippen LogP contribution in [-0.2, 0) is 25.6 Å². The lowest BCUT2D eigenvalue weighted by Crippen LogP contribution is -2.57. The van der Waals surface area contributed by atoms with Crippen LogP contribution in [0.5, 0.6) is 0 Å². The van der Waals surface area contributed by atoms with Crippen LogP contribution >= 0.6 is 0 Å². The third-order valence-electron chi connectivity index (χ3n) is 7.24. The van der Waals surface area contributed by atoms with Crippen LogP contribution in [-0.4, -0.2) is 93.9 Å². The van der Waals surface area contributed by atoms with E-state index in [4.69, 9.17) is 0 Å². The summed E-state index contributed by atoms with van der Waals surface area (Å²) in [4.78, 5) is 69.4. The van der Waals surface area contributed by atoms with Gasteiger partial charge in [-0.3, -0.25) is 28.7 Å². The smallest absolute Gasteiger partial charge is 0.257 e. The fourth-order valence-electron chi connectivity index (χ4n) is 4.67. The van der Waals surface area contributed by atoms with Crippen LogP contribution in [0.3, 0.4) is 0 Å². The Morgan fingerprint density at radius 1 is 1.00 bits per heavy atom. The third-order valence-corrected chi connectivity index (χ3v) is 7.24. The average molecular weight is 582 g/mol. The molecular formula is C30H43N7O5. The fraction of sp³-hybridized carbons (Fsp3) is 0.533. The van der Waals surface area contributed by atoms with Gasteiger partial charge in [0.15, 0.2) is 0 Å². The number of likely N-dealkylation sites (N-methyl/N-ethyl adjacent to an activating group) is 1. The molecule has 3 N–H and O–H groups in total. The Balaban J connectivity index is 1.93. The summed E-state index contributed by atoms with van der Waals surface area (Å²) in [7, 11) is 1.50. The zero-order valence-corrected chi connectivity index (χ0v) is 25.3. The lowest BCUT2D eigenvalue weighted by atomic mass is 10.0. The zero-order valence-electron chi connectivity index (χ0n) is 25.3. The minimum Gasteiger partial charge on any atom is -0.353 e. The van der Waals surface area contributed by atoms with Crippen LogP contribution in [0.4, 0.5) is 0 Å². The molecule has 12 heteroatoms. The van der Waals surface area contributed by atoms with E-state index in [1.807, 2.05) is 58.0 Å². The molecule has 1 aliphatic rings. The Labute approximate surface area is 247 Å². The quantitative estimate of drug-likeness (QED) is 0.467. The summed E-state index contributed by atoms with van der Waals surface area (Å²) in [5.41, 5.74) is 1.15. The van der Waals surface area contributed by atoms with Gasteiger partial charge in [-0.2, -0.15) is 5.10 Å². The summed E-state index contributed by atoms with van der Waals surface area (Å²) in [6, 6.07) is 6.59. The lowest BCUT2D eigenvalue weighted by molar-refractivity contribution is -0.142. The largest absolute Gasteiger partial charge is 0.353 e. The summed E-state index contributed by atoms with van der Waals surface area (Å²) in [6.07, 6.45) is 3.64. The lowest BCUT2D eigenvalue weighted by Gasteiger charge is -2.30. The first-order valence-electron chi connectivity index (χ1n) is 14.4. The average Bonchev–Trinajstić information content (AvgIpc) is 3.45. The third kappa shape index (κ3) is 8.64. The van der Waals surface area contributed by atoms with Gasteiger partial charge in [0.2, 0.25) is 23.6 Å². The van der Waals surface area contributed by atoms with Crippen molar-refractivity contribution in [3.63, 3.8) is 0 Å². The Hall–Kier alpha value is -4.22. The first-order valence-corrected chi connectivity index (χ1v) is 14.4. The van der Waals surface area contributed by atoms with Gasteiger partial charge in [-0.15, -0.1) is 0 Å². The number of nitrogens with zero attached hydrogens (tertiary/aromatic N) is 4. The van der Waals surface area contributed by atoms with Crippen molar-refractivity contribution in [1.82, 2.24) is 35.5 Å². The minimum atomic E-state index is -0.921. The Kier molecular flexibility index (Phi) is 11.2. The fourth-order valence-corrected chi connectivity index (χ4v) is 4.67. The Morgan fingerprint density at radius 3 is 2.31 bits per heavy atom. The number of aromatic nitrogens is 2. The molecule has 5 amide bonds. The number of benzene rings is 1. The van der Waals surface area contributed by atoms with Crippen molar-refractivity contribution in [1.29, 1.82) is 0 Å². The van der Waals surface area contributed by atoms with Gasteiger partial charge in [0, 0.05) is 38.8 Å². The van der Waals surface area contributed by atoms with Gasteiger partial charge in [0.05, 0.1) is 18.3 Å². The number of carbonyl (C=O) groups is 5. The van der Waals surface area contributed by atoms with Crippen molar-refractivity contribution in [3.05, 3.63) is 53.9 Å². The van der Waals surface area contributed by atoms with Gasteiger partial charge in [-0.25, -0.2) is 0 Å².